The van der Waals surface area contributed by atoms with E-state index in [1.807, 2.05) is 78.9 Å². The molecule has 3 aromatic carbocycles. The highest BCUT2D eigenvalue weighted by molar-refractivity contribution is 5.92. The molecule has 1 N–H and O–H groups in total. The summed E-state index contributed by atoms with van der Waals surface area (Å²) in [6.45, 7) is 0. The monoisotopic (exact) mass is 286 g/mol. The Kier molecular flexibility index (Phi) is 4.30. The number of carbonyl (C=O) groups is 1. The number of benzene rings is 3. The van der Waals surface area contributed by atoms with E-state index in [1.54, 1.807) is 0 Å². The lowest BCUT2D eigenvalue weighted by Gasteiger charge is -2.07. The average Bonchev–Trinajstić information content (AvgIpc) is 2.57. The van der Waals surface area contributed by atoms with Crippen molar-refractivity contribution in [2.75, 3.05) is 5.32 Å². The number of hydrogen-bond acceptors (Lipinski definition) is 1. The van der Waals surface area contributed by atoms with Gasteiger partial charge in [-0.3, -0.25) is 4.79 Å². The molecule has 0 bridgehead atoms. The van der Waals surface area contributed by atoms with Gasteiger partial charge in [0.15, 0.2) is 0 Å². The van der Waals surface area contributed by atoms with Crippen LogP contribution in [0.2, 0.25) is 0 Å². The fourth-order valence-electron chi connectivity index (χ4n) is 2.31. The van der Waals surface area contributed by atoms with E-state index in [0.29, 0.717) is 6.42 Å². The molecule has 3 aromatic rings. The maximum atomic E-state index is 12.0. The number of hydrogen-bond donors (Lipinski definition) is 1. The fourth-order valence-corrected chi connectivity index (χ4v) is 2.31. The largest absolute Gasteiger partial charge is 0.326 e. The summed E-state index contributed by atoms with van der Waals surface area (Å²) in [5.74, 6) is -0.00741. The van der Waals surface area contributed by atoms with Crippen LogP contribution in [0.3, 0.4) is 0 Å². The van der Waals surface area contributed by atoms with Crippen LogP contribution >= 0.6 is 0 Å². The second-order valence-electron chi connectivity index (χ2n) is 5.08. The van der Waals surface area contributed by atoms with Crippen LogP contribution in [0.15, 0.2) is 78.9 Å². The molecule has 0 unspecified atom stereocenters. The van der Waals surface area contributed by atoms with Crippen molar-refractivity contribution in [1.82, 2.24) is 0 Å². The summed E-state index contributed by atoms with van der Waals surface area (Å²) in [4.78, 5) is 12.0. The topological polar surface area (TPSA) is 29.1 Å². The second kappa shape index (κ2) is 6.72. The molecule has 0 saturated carbocycles. The third-order valence-corrected chi connectivity index (χ3v) is 3.42. The van der Waals surface area contributed by atoms with Crippen LogP contribution in [-0.2, 0) is 11.2 Å². The van der Waals surface area contributed by atoms with Crippen molar-refractivity contribution in [2.45, 2.75) is 6.42 Å². The smallest absolute Gasteiger partial charge is 0.228 e. The van der Waals surface area contributed by atoms with Gasteiger partial charge in [0.2, 0.25) is 5.91 Å². The predicted octanol–water partition coefficient (Wildman–Crippen LogP) is 4.33. The van der Waals surface area contributed by atoms with Gasteiger partial charge in [-0.05, 0) is 41.0 Å². The standard InChI is InChI=1S/C20H16NO/c22-20(15-16-7-3-1-4-8-16)21-19-13-11-18(12-14-19)17-9-5-2-6-10-17/h1-5,7-14H,15H2,(H,21,22). The third kappa shape index (κ3) is 3.61. The summed E-state index contributed by atoms with van der Waals surface area (Å²) in [5.41, 5.74) is 4.05. The van der Waals surface area contributed by atoms with Crippen LogP contribution in [-0.4, -0.2) is 5.91 Å². The second-order valence-corrected chi connectivity index (χ2v) is 5.08. The fraction of sp³-hybridized carbons (Fsp3) is 0.0500. The van der Waals surface area contributed by atoms with Crippen LogP contribution in [0.1, 0.15) is 5.56 Å². The van der Waals surface area contributed by atoms with Gasteiger partial charge in [-0.15, -0.1) is 0 Å². The molecule has 0 atom stereocenters. The Morgan fingerprint density at radius 1 is 0.864 bits per heavy atom. The predicted molar refractivity (Wildman–Crippen MR) is 89.5 cm³/mol. The van der Waals surface area contributed by atoms with E-state index in [1.165, 1.54) is 0 Å². The molecule has 0 aromatic heterocycles. The number of rotatable bonds is 4. The molecule has 1 radical (unpaired) electrons. The lowest BCUT2D eigenvalue weighted by molar-refractivity contribution is -0.115. The van der Waals surface area contributed by atoms with Gasteiger partial charge in [0.1, 0.15) is 0 Å². The molecule has 107 valence electrons. The molecule has 0 saturated heterocycles. The highest BCUT2D eigenvalue weighted by atomic mass is 16.1. The van der Waals surface area contributed by atoms with Gasteiger partial charge in [-0.25, -0.2) is 0 Å². The maximum Gasteiger partial charge on any atom is 0.228 e. The molecule has 1 amide bonds. The molecule has 2 nitrogen and oxygen atoms in total. The first kappa shape index (κ1) is 14.1. The van der Waals surface area contributed by atoms with E-state index in [2.05, 4.69) is 11.4 Å². The minimum absolute atomic E-state index is 0.00741. The van der Waals surface area contributed by atoms with Crippen molar-refractivity contribution in [2.24, 2.45) is 0 Å². The molecule has 0 spiro atoms. The van der Waals surface area contributed by atoms with Gasteiger partial charge < -0.3 is 5.32 Å². The number of nitrogens with one attached hydrogen (secondary N) is 1. The van der Waals surface area contributed by atoms with E-state index < -0.39 is 0 Å². The summed E-state index contributed by atoms with van der Waals surface area (Å²) in [6, 6.07) is 28.5. The van der Waals surface area contributed by atoms with Crippen LogP contribution in [0.5, 0.6) is 0 Å². The van der Waals surface area contributed by atoms with Crippen molar-refractivity contribution >= 4 is 11.6 Å². The van der Waals surface area contributed by atoms with Gasteiger partial charge >= 0.3 is 0 Å². The van der Waals surface area contributed by atoms with Crippen molar-refractivity contribution in [1.29, 1.82) is 0 Å². The summed E-state index contributed by atoms with van der Waals surface area (Å²) < 4.78 is 0. The van der Waals surface area contributed by atoms with Crippen LogP contribution in [0.4, 0.5) is 5.69 Å². The van der Waals surface area contributed by atoms with E-state index in [4.69, 9.17) is 0 Å². The van der Waals surface area contributed by atoms with Crippen LogP contribution in [0.25, 0.3) is 11.1 Å². The van der Waals surface area contributed by atoms with E-state index in [-0.39, 0.29) is 5.91 Å². The molecule has 0 aliphatic carbocycles. The first-order valence-electron chi connectivity index (χ1n) is 7.21. The molecule has 2 heteroatoms. The molecule has 0 aliphatic heterocycles. The molecular weight excluding hydrogens is 270 g/mol. The Morgan fingerprint density at radius 3 is 2.32 bits per heavy atom. The number of carbonyl (C=O) groups excluding carboxylic acids is 1. The van der Waals surface area contributed by atoms with Crippen LogP contribution in [0, 0.1) is 6.07 Å². The third-order valence-electron chi connectivity index (χ3n) is 3.42. The van der Waals surface area contributed by atoms with Crippen molar-refractivity contribution < 1.29 is 4.79 Å². The number of amides is 1. The highest BCUT2D eigenvalue weighted by Gasteiger charge is 2.04. The Labute approximate surface area is 130 Å². The normalized spacial score (nSPS) is 10.2. The molecule has 0 fully saturated rings. The summed E-state index contributed by atoms with van der Waals surface area (Å²) in [7, 11) is 0. The van der Waals surface area contributed by atoms with E-state index in [0.717, 1.165) is 22.4 Å². The average molecular weight is 286 g/mol. The summed E-state index contributed by atoms with van der Waals surface area (Å²) in [6.07, 6.45) is 0.385. The quantitative estimate of drug-likeness (QED) is 0.759. The Balaban J connectivity index is 1.65. The van der Waals surface area contributed by atoms with Gasteiger partial charge in [-0.1, -0.05) is 60.7 Å². The highest BCUT2D eigenvalue weighted by Crippen LogP contribution is 2.20. The van der Waals surface area contributed by atoms with Crippen molar-refractivity contribution in [3.05, 3.63) is 90.5 Å². The zero-order valence-corrected chi connectivity index (χ0v) is 12.1. The zero-order chi connectivity index (χ0) is 15.2. The molecule has 22 heavy (non-hydrogen) atoms. The Hall–Kier alpha value is -2.87. The Morgan fingerprint density at radius 2 is 1.64 bits per heavy atom. The first-order valence-corrected chi connectivity index (χ1v) is 7.21. The number of anilines is 1. The lowest BCUT2D eigenvalue weighted by Crippen LogP contribution is -2.14. The van der Waals surface area contributed by atoms with Gasteiger partial charge in [0.05, 0.1) is 6.42 Å². The van der Waals surface area contributed by atoms with Gasteiger partial charge in [0.25, 0.3) is 0 Å². The van der Waals surface area contributed by atoms with Gasteiger partial charge in [0, 0.05) is 5.69 Å². The molecular formula is C20H16NO. The zero-order valence-electron chi connectivity index (χ0n) is 12.1. The summed E-state index contributed by atoms with van der Waals surface area (Å²) in [5, 5.41) is 2.92. The first-order chi connectivity index (χ1) is 10.8. The van der Waals surface area contributed by atoms with E-state index in [9.17, 15) is 4.79 Å². The molecule has 0 aliphatic rings. The van der Waals surface area contributed by atoms with Crippen LogP contribution < -0.4 is 5.32 Å². The molecule has 0 heterocycles. The minimum atomic E-state index is -0.00741. The Bertz CT molecular complexity index is 734. The minimum Gasteiger partial charge on any atom is -0.326 e. The van der Waals surface area contributed by atoms with Gasteiger partial charge in [-0.2, -0.15) is 0 Å². The lowest BCUT2D eigenvalue weighted by atomic mass is 10.1. The SMILES string of the molecule is O=C(Cc1ccccc1)Nc1ccc(-c2c[c]ccc2)cc1. The molecule has 3 rings (SSSR count). The maximum absolute atomic E-state index is 12.0. The van der Waals surface area contributed by atoms with Crippen molar-refractivity contribution in [3.8, 4) is 11.1 Å². The van der Waals surface area contributed by atoms with Crippen molar-refractivity contribution in [3.63, 3.8) is 0 Å². The van der Waals surface area contributed by atoms with E-state index >= 15 is 0 Å². The summed E-state index contributed by atoms with van der Waals surface area (Å²) >= 11 is 0.